The predicted octanol–water partition coefficient (Wildman–Crippen LogP) is 4.23. The van der Waals surface area contributed by atoms with Crippen molar-refractivity contribution in [2.75, 3.05) is 0 Å². The molecule has 0 aromatic heterocycles. The average Bonchev–Trinajstić information content (AvgIpc) is 2.45. The first-order chi connectivity index (χ1) is 6.86. The second-order valence-corrected chi connectivity index (χ2v) is 4.49. The molecule has 0 unspecified atom stereocenters. The molecule has 0 atom stereocenters. The molecule has 0 aliphatic heterocycles. The Hall–Kier alpha value is -0.780. The topological polar surface area (TPSA) is 0 Å². The van der Waals surface area contributed by atoms with E-state index in [-0.39, 0.29) is 0 Å². The standard InChI is InChI=1S/C14H19/c1-12-7-6-10-14(11-12)13-8-4-2-3-5-9-13/h6,10-11,13H,2-5,8-9H2,1H3. The van der Waals surface area contributed by atoms with Gasteiger partial charge in [0.05, 0.1) is 0 Å². The van der Waals surface area contributed by atoms with Crippen molar-refractivity contribution in [3.8, 4) is 0 Å². The molecule has 0 amide bonds. The summed E-state index contributed by atoms with van der Waals surface area (Å²) in [7, 11) is 0. The van der Waals surface area contributed by atoms with Gasteiger partial charge in [0.1, 0.15) is 0 Å². The lowest BCUT2D eigenvalue weighted by atomic mass is 9.91. The number of rotatable bonds is 1. The zero-order chi connectivity index (χ0) is 9.80. The zero-order valence-corrected chi connectivity index (χ0v) is 9.05. The molecular weight excluding hydrogens is 168 g/mol. The molecular formula is C14H19. The van der Waals surface area contributed by atoms with Gasteiger partial charge in [-0.05, 0) is 42.9 Å². The molecule has 1 aromatic carbocycles. The van der Waals surface area contributed by atoms with Crippen molar-refractivity contribution < 1.29 is 0 Å². The third-order valence-electron chi connectivity index (χ3n) is 3.30. The van der Waals surface area contributed by atoms with Crippen molar-refractivity contribution in [2.45, 2.75) is 51.4 Å². The summed E-state index contributed by atoms with van der Waals surface area (Å²) >= 11 is 0. The van der Waals surface area contributed by atoms with Gasteiger partial charge in [-0.3, -0.25) is 0 Å². The summed E-state index contributed by atoms with van der Waals surface area (Å²) in [5.74, 6) is 0.825. The van der Waals surface area contributed by atoms with Gasteiger partial charge in [0.15, 0.2) is 0 Å². The summed E-state index contributed by atoms with van der Waals surface area (Å²) < 4.78 is 0. The fourth-order valence-corrected chi connectivity index (χ4v) is 2.48. The molecule has 0 saturated heterocycles. The smallest absolute Gasteiger partial charge is 0.0152 e. The molecule has 14 heavy (non-hydrogen) atoms. The molecule has 0 N–H and O–H groups in total. The maximum Gasteiger partial charge on any atom is -0.0152 e. The maximum absolute atomic E-state index is 3.23. The Labute approximate surface area is 87.3 Å². The Kier molecular flexibility index (Phi) is 3.23. The van der Waals surface area contributed by atoms with E-state index >= 15 is 0 Å². The highest BCUT2D eigenvalue weighted by molar-refractivity contribution is 5.24. The molecule has 0 nitrogen and oxygen atoms in total. The van der Waals surface area contributed by atoms with Crippen LogP contribution in [0.4, 0.5) is 0 Å². The van der Waals surface area contributed by atoms with Crippen molar-refractivity contribution in [2.24, 2.45) is 0 Å². The van der Waals surface area contributed by atoms with Crippen LogP contribution in [0, 0.1) is 13.0 Å². The van der Waals surface area contributed by atoms with Gasteiger partial charge in [-0.1, -0.05) is 43.9 Å². The third kappa shape index (κ3) is 2.37. The molecule has 0 heterocycles. The van der Waals surface area contributed by atoms with E-state index in [0.717, 1.165) is 5.92 Å². The molecule has 1 fully saturated rings. The molecule has 0 spiro atoms. The monoisotopic (exact) mass is 187 g/mol. The highest BCUT2D eigenvalue weighted by atomic mass is 14.2. The van der Waals surface area contributed by atoms with Crippen molar-refractivity contribution in [3.05, 3.63) is 35.4 Å². The molecule has 1 aromatic rings. The summed E-state index contributed by atoms with van der Waals surface area (Å²) in [4.78, 5) is 0. The van der Waals surface area contributed by atoms with Gasteiger partial charge in [-0.15, -0.1) is 0 Å². The highest BCUT2D eigenvalue weighted by Crippen LogP contribution is 2.31. The molecule has 1 aliphatic rings. The van der Waals surface area contributed by atoms with Crippen molar-refractivity contribution in [3.63, 3.8) is 0 Å². The van der Waals surface area contributed by atoms with Gasteiger partial charge in [-0.25, -0.2) is 0 Å². The van der Waals surface area contributed by atoms with Crippen LogP contribution in [-0.4, -0.2) is 0 Å². The zero-order valence-electron chi connectivity index (χ0n) is 9.05. The third-order valence-corrected chi connectivity index (χ3v) is 3.30. The van der Waals surface area contributed by atoms with Gasteiger partial charge in [0, 0.05) is 0 Å². The minimum atomic E-state index is 0.825. The van der Waals surface area contributed by atoms with E-state index in [1.807, 2.05) is 0 Å². The molecule has 2 rings (SSSR count). The van der Waals surface area contributed by atoms with Gasteiger partial charge in [-0.2, -0.15) is 0 Å². The Bertz CT molecular complexity index is 280. The number of hydrogen-bond acceptors (Lipinski definition) is 0. The molecule has 1 radical (unpaired) electrons. The lowest BCUT2D eigenvalue weighted by Crippen LogP contribution is -1.97. The van der Waals surface area contributed by atoms with E-state index in [1.165, 1.54) is 44.1 Å². The summed E-state index contributed by atoms with van der Waals surface area (Å²) in [6.45, 7) is 2.14. The maximum atomic E-state index is 3.23. The Balaban J connectivity index is 2.12. The Morgan fingerprint density at radius 2 is 1.86 bits per heavy atom. The first-order valence-corrected chi connectivity index (χ1v) is 5.84. The largest absolute Gasteiger partial charge is 0.0581 e. The van der Waals surface area contributed by atoms with E-state index in [1.54, 1.807) is 5.56 Å². The van der Waals surface area contributed by atoms with Crippen LogP contribution in [0.1, 0.15) is 55.6 Å². The van der Waals surface area contributed by atoms with E-state index in [0.29, 0.717) is 0 Å². The fourth-order valence-electron chi connectivity index (χ4n) is 2.48. The average molecular weight is 187 g/mol. The van der Waals surface area contributed by atoms with Gasteiger partial charge in [0.25, 0.3) is 0 Å². The second-order valence-electron chi connectivity index (χ2n) is 4.49. The van der Waals surface area contributed by atoms with E-state index in [9.17, 15) is 0 Å². The normalized spacial score (nSPS) is 19.2. The number of benzene rings is 1. The SMILES string of the molecule is Cc1[c]ccc(C2CCCCCC2)c1. The molecule has 1 aliphatic carbocycles. The fraction of sp³-hybridized carbons (Fsp3) is 0.571. The van der Waals surface area contributed by atoms with Gasteiger partial charge in [0.2, 0.25) is 0 Å². The highest BCUT2D eigenvalue weighted by Gasteiger charge is 2.13. The molecule has 1 saturated carbocycles. The van der Waals surface area contributed by atoms with Crippen LogP contribution in [-0.2, 0) is 0 Å². The van der Waals surface area contributed by atoms with Crippen molar-refractivity contribution in [1.82, 2.24) is 0 Å². The van der Waals surface area contributed by atoms with Crippen molar-refractivity contribution in [1.29, 1.82) is 0 Å². The first kappa shape index (κ1) is 9.76. The van der Waals surface area contributed by atoms with E-state index in [4.69, 9.17) is 0 Å². The van der Waals surface area contributed by atoms with Crippen LogP contribution in [0.2, 0.25) is 0 Å². The van der Waals surface area contributed by atoms with Crippen LogP contribution in [0.25, 0.3) is 0 Å². The predicted molar refractivity (Wildman–Crippen MR) is 60.5 cm³/mol. The second kappa shape index (κ2) is 4.63. The minimum Gasteiger partial charge on any atom is -0.0581 e. The molecule has 75 valence electrons. The lowest BCUT2D eigenvalue weighted by molar-refractivity contribution is 0.592. The van der Waals surface area contributed by atoms with Crippen LogP contribution in [0.15, 0.2) is 18.2 Å². The minimum absolute atomic E-state index is 0.825. The summed E-state index contributed by atoms with van der Waals surface area (Å²) in [6.07, 6.45) is 8.50. The molecule has 0 bridgehead atoms. The van der Waals surface area contributed by atoms with Crippen LogP contribution >= 0.6 is 0 Å². The Morgan fingerprint density at radius 3 is 2.50 bits per heavy atom. The quantitative estimate of drug-likeness (QED) is 0.577. The van der Waals surface area contributed by atoms with Crippen LogP contribution in [0.3, 0.4) is 0 Å². The molecule has 0 heteroatoms. The van der Waals surface area contributed by atoms with Gasteiger partial charge < -0.3 is 0 Å². The van der Waals surface area contributed by atoms with Gasteiger partial charge >= 0.3 is 0 Å². The summed E-state index contributed by atoms with van der Waals surface area (Å²) in [6, 6.07) is 9.87. The Morgan fingerprint density at radius 1 is 1.14 bits per heavy atom. The van der Waals surface area contributed by atoms with Crippen LogP contribution < -0.4 is 0 Å². The number of hydrogen-bond donors (Lipinski definition) is 0. The first-order valence-electron chi connectivity index (χ1n) is 5.84. The van der Waals surface area contributed by atoms with E-state index in [2.05, 4.69) is 31.2 Å². The summed E-state index contributed by atoms with van der Waals surface area (Å²) in [5.41, 5.74) is 2.83. The van der Waals surface area contributed by atoms with Crippen LogP contribution in [0.5, 0.6) is 0 Å². The lowest BCUT2D eigenvalue weighted by Gasteiger charge is -2.14. The van der Waals surface area contributed by atoms with Crippen molar-refractivity contribution >= 4 is 0 Å². The van der Waals surface area contributed by atoms with E-state index < -0.39 is 0 Å². The number of aryl methyl sites for hydroxylation is 1. The summed E-state index contributed by atoms with van der Waals surface area (Å²) in [5, 5.41) is 0.